The Bertz CT molecular complexity index is 359. The Kier molecular flexibility index (Phi) is 5.01. The highest BCUT2D eigenvalue weighted by atomic mass is 16.6. The van der Waals surface area contributed by atoms with Crippen LogP contribution in [-0.2, 0) is 16.0 Å². The summed E-state index contributed by atoms with van der Waals surface area (Å²) in [7, 11) is 0. The predicted octanol–water partition coefficient (Wildman–Crippen LogP) is 1.82. The summed E-state index contributed by atoms with van der Waals surface area (Å²) in [6, 6.07) is 0. The van der Waals surface area contributed by atoms with Gasteiger partial charge in [0.2, 0.25) is 5.95 Å². The van der Waals surface area contributed by atoms with E-state index in [0.29, 0.717) is 19.8 Å². The lowest BCUT2D eigenvalue weighted by atomic mass is 10.3. The van der Waals surface area contributed by atoms with Gasteiger partial charge in [0.25, 0.3) is 0 Å². The van der Waals surface area contributed by atoms with Gasteiger partial charge in [-0.05, 0) is 13.3 Å². The molecular formula is C13H23N3O2. The fourth-order valence-electron chi connectivity index (χ4n) is 2.05. The average molecular weight is 253 g/mol. The fourth-order valence-corrected chi connectivity index (χ4v) is 2.05. The standard InChI is InChI=1S/C13H23N3O2/c1-3-4-5-16-9-11(2)15-13(16)14-8-12-10-17-6-7-18-12/h9,12H,3-8,10H2,1-2H3,(H,14,15). The summed E-state index contributed by atoms with van der Waals surface area (Å²) in [4.78, 5) is 4.50. The Morgan fingerprint density at radius 3 is 3.11 bits per heavy atom. The van der Waals surface area contributed by atoms with E-state index in [1.165, 1.54) is 12.8 Å². The highest BCUT2D eigenvalue weighted by molar-refractivity contribution is 5.28. The van der Waals surface area contributed by atoms with Crippen LogP contribution in [0.5, 0.6) is 0 Å². The smallest absolute Gasteiger partial charge is 0.203 e. The third-order valence-electron chi connectivity index (χ3n) is 3.02. The van der Waals surface area contributed by atoms with Crippen molar-refractivity contribution in [1.29, 1.82) is 0 Å². The minimum absolute atomic E-state index is 0.135. The summed E-state index contributed by atoms with van der Waals surface area (Å²) in [6.07, 6.45) is 4.59. The van der Waals surface area contributed by atoms with Gasteiger partial charge in [-0.1, -0.05) is 13.3 Å². The van der Waals surface area contributed by atoms with Crippen LogP contribution in [-0.4, -0.2) is 42.0 Å². The summed E-state index contributed by atoms with van der Waals surface area (Å²) in [6.45, 7) is 8.06. The summed E-state index contributed by atoms with van der Waals surface area (Å²) in [5, 5.41) is 3.36. The Balaban J connectivity index is 1.86. The molecule has 2 rings (SSSR count). The molecule has 1 saturated heterocycles. The highest BCUT2D eigenvalue weighted by Gasteiger charge is 2.15. The van der Waals surface area contributed by atoms with E-state index >= 15 is 0 Å². The molecule has 1 aromatic heterocycles. The van der Waals surface area contributed by atoms with Crippen molar-refractivity contribution in [2.45, 2.75) is 39.3 Å². The number of ether oxygens (including phenoxy) is 2. The maximum absolute atomic E-state index is 5.60. The van der Waals surface area contributed by atoms with Crippen molar-refractivity contribution in [3.05, 3.63) is 11.9 Å². The zero-order valence-corrected chi connectivity index (χ0v) is 11.3. The monoisotopic (exact) mass is 253 g/mol. The topological polar surface area (TPSA) is 48.3 Å². The van der Waals surface area contributed by atoms with Crippen LogP contribution >= 0.6 is 0 Å². The van der Waals surface area contributed by atoms with Crippen LogP contribution in [0.3, 0.4) is 0 Å². The van der Waals surface area contributed by atoms with Gasteiger partial charge >= 0.3 is 0 Å². The molecule has 1 unspecified atom stereocenters. The summed E-state index contributed by atoms with van der Waals surface area (Å²) >= 11 is 0. The Hall–Kier alpha value is -1.07. The molecule has 1 aromatic rings. The lowest BCUT2D eigenvalue weighted by Gasteiger charge is -2.23. The predicted molar refractivity (Wildman–Crippen MR) is 70.9 cm³/mol. The molecule has 5 nitrogen and oxygen atoms in total. The number of unbranched alkanes of at least 4 members (excludes halogenated alkanes) is 1. The summed E-state index contributed by atoms with van der Waals surface area (Å²) in [5.74, 6) is 0.940. The van der Waals surface area contributed by atoms with Gasteiger partial charge in [0.15, 0.2) is 0 Å². The number of aryl methyl sites for hydroxylation is 2. The molecule has 0 spiro atoms. The van der Waals surface area contributed by atoms with Crippen molar-refractivity contribution >= 4 is 5.95 Å². The van der Waals surface area contributed by atoms with Crippen molar-refractivity contribution in [3.8, 4) is 0 Å². The van der Waals surface area contributed by atoms with Gasteiger partial charge in [0.1, 0.15) is 0 Å². The third-order valence-corrected chi connectivity index (χ3v) is 3.02. The van der Waals surface area contributed by atoms with Crippen LogP contribution in [0.25, 0.3) is 0 Å². The van der Waals surface area contributed by atoms with Gasteiger partial charge < -0.3 is 19.4 Å². The van der Waals surface area contributed by atoms with Crippen LogP contribution in [0.15, 0.2) is 6.20 Å². The zero-order valence-electron chi connectivity index (χ0n) is 11.3. The second-order valence-electron chi connectivity index (χ2n) is 4.70. The van der Waals surface area contributed by atoms with E-state index in [2.05, 4.69) is 28.0 Å². The Morgan fingerprint density at radius 1 is 1.50 bits per heavy atom. The SMILES string of the molecule is CCCCn1cc(C)nc1NCC1COCCO1. The second-order valence-corrected chi connectivity index (χ2v) is 4.70. The number of hydrogen-bond donors (Lipinski definition) is 1. The van der Waals surface area contributed by atoms with Crippen LogP contribution in [0, 0.1) is 6.92 Å². The van der Waals surface area contributed by atoms with Gasteiger partial charge in [0.05, 0.1) is 31.6 Å². The molecule has 2 heterocycles. The second kappa shape index (κ2) is 6.75. The lowest BCUT2D eigenvalue weighted by molar-refractivity contribution is -0.0819. The quantitative estimate of drug-likeness (QED) is 0.840. The normalized spacial score (nSPS) is 20.0. The molecular weight excluding hydrogens is 230 g/mol. The minimum Gasteiger partial charge on any atom is -0.376 e. The van der Waals surface area contributed by atoms with Gasteiger partial charge in [-0.15, -0.1) is 0 Å². The molecule has 0 bridgehead atoms. The van der Waals surface area contributed by atoms with Crippen molar-refractivity contribution in [1.82, 2.24) is 9.55 Å². The van der Waals surface area contributed by atoms with Crippen molar-refractivity contribution in [2.24, 2.45) is 0 Å². The van der Waals surface area contributed by atoms with Crippen LogP contribution < -0.4 is 5.32 Å². The number of hydrogen-bond acceptors (Lipinski definition) is 4. The maximum Gasteiger partial charge on any atom is 0.203 e. The summed E-state index contributed by atoms with van der Waals surface area (Å²) in [5.41, 5.74) is 1.05. The molecule has 0 aliphatic carbocycles. The Morgan fingerprint density at radius 2 is 2.39 bits per heavy atom. The number of nitrogens with one attached hydrogen (secondary N) is 1. The maximum atomic E-state index is 5.60. The first-order chi connectivity index (χ1) is 8.79. The molecule has 1 aliphatic rings. The van der Waals surface area contributed by atoms with Crippen molar-refractivity contribution in [2.75, 3.05) is 31.7 Å². The van der Waals surface area contributed by atoms with E-state index < -0.39 is 0 Å². The van der Waals surface area contributed by atoms with E-state index in [9.17, 15) is 0 Å². The van der Waals surface area contributed by atoms with Crippen LogP contribution in [0.2, 0.25) is 0 Å². The molecule has 1 aliphatic heterocycles. The highest BCUT2D eigenvalue weighted by Crippen LogP contribution is 2.11. The first-order valence-corrected chi connectivity index (χ1v) is 6.76. The Labute approximate surface area is 108 Å². The first kappa shape index (κ1) is 13.4. The third kappa shape index (κ3) is 3.71. The molecule has 0 amide bonds. The fraction of sp³-hybridized carbons (Fsp3) is 0.769. The largest absolute Gasteiger partial charge is 0.376 e. The van der Waals surface area contributed by atoms with Crippen LogP contribution in [0.1, 0.15) is 25.5 Å². The molecule has 5 heteroatoms. The molecule has 0 radical (unpaired) electrons. The van der Waals surface area contributed by atoms with Gasteiger partial charge in [-0.3, -0.25) is 0 Å². The van der Waals surface area contributed by atoms with E-state index in [-0.39, 0.29) is 6.10 Å². The van der Waals surface area contributed by atoms with Gasteiger partial charge in [-0.2, -0.15) is 0 Å². The van der Waals surface area contributed by atoms with E-state index in [4.69, 9.17) is 9.47 Å². The molecule has 0 saturated carbocycles. The number of anilines is 1. The van der Waals surface area contributed by atoms with Crippen molar-refractivity contribution < 1.29 is 9.47 Å². The number of imidazole rings is 1. The lowest BCUT2D eigenvalue weighted by Crippen LogP contribution is -2.34. The zero-order chi connectivity index (χ0) is 12.8. The van der Waals surface area contributed by atoms with E-state index in [0.717, 1.165) is 24.7 Å². The van der Waals surface area contributed by atoms with Gasteiger partial charge in [-0.25, -0.2) is 4.98 Å². The summed E-state index contributed by atoms with van der Waals surface area (Å²) < 4.78 is 13.2. The minimum atomic E-state index is 0.135. The van der Waals surface area contributed by atoms with E-state index in [1.807, 2.05) is 6.92 Å². The van der Waals surface area contributed by atoms with Crippen molar-refractivity contribution in [3.63, 3.8) is 0 Å². The molecule has 1 N–H and O–H groups in total. The molecule has 102 valence electrons. The average Bonchev–Trinajstić information content (AvgIpc) is 2.75. The molecule has 18 heavy (non-hydrogen) atoms. The molecule has 0 aromatic carbocycles. The number of nitrogens with zero attached hydrogens (tertiary/aromatic N) is 2. The van der Waals surface area contributed by atoms with Gasteiger partial charge in [0, 0.05) is 19.3 Å². The van der Waals surface area contributed by atoms with E-state index in [1.54, 1.807) is 0 Å². The number of aromatic nitrogens is 2. The first-order valence-electron chi connectivity index (χ1n) is 6.76. The number of rotatable bonds is 6. The molecule has 1 fully saturated rings. The molecule has 1 atom stereocenters. The van der Waals surface area contributed by atoms with Crippen LogP contribution in [0.4, 0.5) is 5.95 Å².